The molecule has 110 valence electrons. The van der Waals surface area contributed by atoms with Crippen LogP contribution < -0.4 is 5.32 Å². The van der Waals surface area contributed by atoms with Crippen molar-refractivity contribution in [1.82, 2.24) is 15.1 Å². The van der Waals surface area contributed by atoms with E-state index in [0.29, 0.717) is 6.54 Å². The zero-order chi connectivity index (χ0) is 15.2. The molecular weight excluding hydrogens is 270 g/mol. The van der Waals surface area contributed by atoms with Gasteiger partial charge in [-0.05, 0) is 25.0 Å². The van der Waals surface area contributed by atoms with Crippen LogP contribution in [-0.2, 0) is 11.2 Å². The first kappa shape index (κ1) is 14.8. The molecule has 6 nitrogen and oxygen atoms in total. The summed E-state index contributed by atoms with van der Waals surface area (Å²) in [6.07, 6.45) is 2.14. The Labute approximate surface area is 122 Å². The summed E-state index contributed by atoms with van der Waals surface area (Å²) in [4.78, 5) is 23.1. The number of benzene rings is 1. The van der Waals surface area contributed by atoms with Crippen LogP contribution in [0.3, 0.4) is 0 Å². The summed E-state index contributed by atoms with van der Waals surface area (Å²) < 4.78 is 1.21. The second-order valence-corrected chi connectivity index (χ2v) is 4.67. The number of hydrogen-bond acceptors (Lipinski definition) is 3. The molecule has 1 amide bonds. The largest absolute Gasteiger partial charge is 0.480 e. The van der Waals surface area contributed by atoms with Crippen molar-refractivity contribution in [2.75, 3.05) is 6.54 Å². The number of amides is 1. The molecule has 0 bridgehead atoms. The van der Waals surface area contributed by atoms with E-state index < -0.39 is 12.0 Å². The topological polar surface area (TPSA) is 84.2 Å². The van der Waals surface area contributed by atoms with E-state index in [-0.39, 0.29) is 11.6 Å². The molecule has 0 fully saturated rings. The number of aliphatic carboxylic acids is 1. The van der Waals surface area contributed by atoms with E-state index in [4.69, 9.17) is 5.11 Å². The molecule has 6 heteroatoms. The number of nitrogens with one attached hydrogen (secondary N) is 1. The molecule has 1 atom stereocenters. The van der Waals surface area contributed by atoms with Crippen molar-refractivity contribution in [2.24, 2.45) is 0 Å². The minimum absolute atomic E-state index is 0.248. The Morgan fingerprint density at radius 1 is 1.29 bits per heavy atom. The van der Waals surface area contributed by atoms with Crippen molar-refractivity contribution >= 4 is 11.9 Å². The average Bonchev–Trinajstić information content (AvgIpc) is 2.96. The summed E-state index contributed by atoms with van der Waals surface area (Å²) in [5.41, 5.74) is 1.38. The number of hydrogen-bond donors (Lipinski definition) is 2. The van der Waals surface area contributed by atoms with Crippen molar-refractivity contribution in [3.05, 3.63) is 53.9 Å². The molecule has 0 radical (unpaired) electrons. The second-order valence-electron chi connectivity index (χ2n) is 4.67. The average molecular weight is 287 g/mol. The minimum atomic E-state index is -1.03. The first-order chi connectivity index (χ1) is 10.1. The highest BCUT2D eigenvalue weighted by molar-refractivity contribution is 5.93. The van der Waals surface area contributed by atoms with Gasteiger partial charge >= 0.3 is 5.97 Å². The molecule has 0 aliphatic rings. The highest BCUT2D eigenvalue weighted by Gasteiger charge is 2.20. The van der Waals surface area contributed by atoms with Gasteiger partial charge in [-0.3, -0.25) is 4.79 Å². The van der Waals surface area contributed by atoms with Crippen LogP contribution in [0.15, 0.2) is 42.6 Å². The summed E-state index contributed by atoms with van der Waals surface area (Å²) in [5, 5.41) is 15.7. The second kappa shape index (κ2) is 6.69. The van der Waals surface area contributed by atoms with Gasteiger partial charge in [0, 0.05) is 12.7 Å². The highest BCUT2D eigenvalue weighted by atomic mass is 16.4. The van der Waals surface area contributed by atoms with E-state index in [2.05, 4.69) is 10.4 Å². The standard InChI is InChI=1S/C15H17N3O3/c1-11(15(20)21)18-13(8-10-17-18)14(19)16-9-7-12-5-3-2-4-6-12/h2-6,8,10-11H,7,9H2,1H3,(H,16,19)(H,20,21). The molecule has 0 saturated heterocycles. The van der Waals surface area contributed by atoms with E-state index in [0.717, 1.165) is 12.0 Å². The van der Waals surface area contributed by atoms with Crippen LogP contribution >= 0.6 is 0 Å². The van der Waals surface area contributed by atoms with Crippen LogP contribution in [0.2, 0.25) is 0 Å². The van der Waals surface area contributed by atoms with Gasteiger partial charge in [0.2, 0.25) is 0 Å². The van der Waals surface area contributed by atoms with Crippen LogP contribution in [-0.4, -0.2) is 33.3 Å². The molecule has 0 spiro atoms. The lowest BCUT2D eigenvalue weighted by Gasteiger charge is -2.11. The van der Waals surface area contributed by atoms with Crippen LogP contribution in [0.4, 0.5) is 0 Å². The molecule has 0 aliphatic heterocycles. The zero-order valence-corrected chi connectivity index (χ0v) is 11.7. The van der Waals surface area contributed by atoms with Gasteiger partial charge in [-0.1, -0.05) is 30.3 Å². The first-order valence-corrected chi connectivity index (χ1v) is 6.68. The minimum Gasteiger partial charge on any atom is -0.480 e. The van der Waals surface area contributed by atoms with Gasteiger partial charge < -0.3 is 10.4 Å². The fraction of sp³-hybridized carbons (Fsp3) is 0.267. The summed E-state index contributed by atoms with van der Waals surface area (Å²) in [7, 11) is 0. The fourth-order valence-electron chi connectivity index (χ4n) is 1.96. The van der Waals surface area contributed by atoms with E-state index in [1.165, 1.54) is 23.9 Å². The highest BCUT2D eigenvalue weighted by Crippen LogP contribution is 2.09. The van der Waals surface area contributed by atoms with Crippen LogP contribution in [0.25, 0.3) is 0 Å². The molecule has 2 N–H and O–H groups in total. The van der Waals surface area contributed by atoms with Crippen LogP contribution in [0, 0.1) is 0 Å². The van der Waals surface area contributed by atoms with E-state index >= 15 is 0 Å². The van der Waals surface area contributed by atoms with E-state index in [1.807, 2.05) is 30.3 Å². The quantitative estimate of drug-likeness (QED) is 0.843. The van der Waals surface area contributed by atoms with Gasteiger partial charge in [-0.15, -0.1) is 0 Å². The maximum absolute atomic E-state index is 12.1. The lowest BCUT2D eigenvalue weighted by atomic mass is 10.1. The van der Waals surface area contributed by atoms with Gasteiger partial charge in [-0.2, -0.15) is 5.10 Å². The van der Waals surface area contributed by atoms with Crippen molar-refractivity contribution in [3.8, 4) is 0 Å². The summed E-state index contributed by atoms with van der Waals surface area (Å²) in [5.74, 6) is -1.35. The SMILES string of the molecule is CC(C(=O)O)n1nccc1C(=O)NCCc1ccccc1. The van der Waals surface area contributed by atoms with Crippen molar-refractivity contribution in [1.29, 1.82) is 0 Å². The van der Waals surface area contributed by atoms with E-state index in [1.54, 1.807) is 0 Å². The van der Waals surface area contributed by atoms with Crippen molar-refractivity contribution in [2.45, 2.75) is 19.4 Å². The fourth-order valence-corrected chi connectivity index (χ4v) is 1.96. The van der Waals surface area contributed by atoms with Crippen molar-refractivity contribution in [3.63, 3.8) is 0 Å². The maximum atomic E-state index is 12.1. The molecule has 2 aromatic rings. The number of rotatable bonds is 6. The molecule has 0 saturated carbocycles. The molecule has 0 aliphatic carbocycles. The Hall–Kier alpha value is -2.63. The molecule has 1 heterocycles. The molecule has 2 rings (SSSR count). The number of carboxylic acids is 1. The van der Waals surface area contributed by atoms with Gasteiger partial charge in [0.1, 0.15) is 11.7 Å². The Balaban J connectivity index is 1.95. The maximum Gasteiger partial charge on any atom is 0.328 e. The smallest absolute Gasteiger partial charge is 0.328 e. The Bertz CT molecular complexity index is 622. The normalized spacial score (nSPS) is 11.9. The number of carboxylic acid groups (broad SMARTS) is 1. The molecule has 21 heavy (non-hydrogen) atoms. The Kier molecular flexibility index (Phi) is 4.71. The number of carbonyl (C=O) groups is 2. The lowest BCUT2D eigenvalue weighted by molar-refractivity contribution is -0.140. The van der Waals surface area contributed by atoms with Crippen molar-refractivity contribution < 1.29 is 14.7 Å². The third kappa shape index (κ3) is 3.68. The Morgan fingerprint density at radius 2 is 2.00 bits per heavy atom. The van der Waals surface area contributed by atoms with Crippen LogP contribution in [0.1, 0.15) is 29.0 Å². The number of aromatic nitrogens is 2. The third-order valence-electron chi connectivity index (χ3n) is 3.17. The molecule has 1 unspecified atom stereocenters. The van der Waals surface area contributed by atoms with Gasteiger partial charge in [0.25, 0.3) is 5.91 Å². The Morgan fingerprint density at radius 3 is 2.67 bits per heavy atom. The number of nitrogens with zero attached hydrogens (tertiary/aromatic N) is 2. The van der Waals surface area contributed by atoms with Gasteiger partial charge in [0.05, 0.1) is 0 Å². The number of carbonyl (C=O) groups excluding carboxylic acids is 1. The monoisotopic (exact) mass is 287 g/mol. The predicted octanol–water partition coefficient (Wildman–Crippen LogP) is 1.50. The van der Waals surface area contributed by atoms with E-state index in [9.17, 15) is 9.59 Å². The molecule has 1 aromatic carbocycles. The zero-order valence-electron chi connectivity index (χ0n) is 11.7. The summed E-state index contributed by atoms with van der Waals surface area (Å²) in [6, 6.07) is 10.4. The molecule has 1 aromatic heterocycles. The van der Waals surface area contributed by atoms with Gasteiger partial charge in [-0.25, -0.2) is 9.48 Å². The predicted molar refractivity (Wildman–Crippen MR) is 77.1 cm³/mol. The third-order valence-corrected chi connectivity index (χ3v) is 3.17. The summed E-state index contributed by atoms with van der Waals surface area (Å²) in [6.45, 7) is 1.96. The lowest BCUT2D eigenvalue weighted by Crippen LogP contribution is -2.30. The molecular formula is C15H17N3O3. The first-order valence-electron chi connectivity index (χ1n) is 6.68. The van der Waals surface area contributed by atoms with Crippen LogP contribution in [0.5, 0.6) is 0 Å². The van der Waals surface area contributed by atoms with Gasteiger partial charge in [0.15, 0.2) is 0 Å². The summed E-state index contributed by atoms with van der Waals surface area (Å²) >= 11 is 0.